The molecule has 3 N–H and O–H groups in total. The first-order valence-electron chi connectivity index (χ1n) is 11.1. The molecule has 0 saturated carbocycles. The van der Waals surface area contributed by atoms with Crippen LogP contribution >= 0.6 is 0 Å². The Labute approximate surface area is 194 Å². The van der Waals surface area contributed by atoms with E-state index in [0.717, 1.165) is 31.4 Å². The number of primary amides is 1. The van der Waals surface area contributed by atoms with Gasteiger partial charge >= 0.3 is 6.18 Å². The summed E-state index contributed by atoms with van der Waals surface area (Å²) < 4.78 is 40.3. The third-order valence-electron chi connectivity index (χ3n) is 6.17. The molecular formula is C25H25F3N4O2. The number of nitrogens with zero attached hydrogens (tertiary/aromatic N) is 2. The Balaban J connectivity index is 1.50. The number of carbonyl (C=O) groups excluding carboxylic acids is 1. The highest BCUT2D eigenvalue weighted by Gasteiger charge is 2.36. The minimum atomic E-state index is -4.45. The lowest BCUT2D eigenvalue weighted by Gasteiger charge is -2.14. The van der Waals surface area contributed by atoms with Crippen LogP contribution in [-0.4, -0.2) is 15.5 Å². The first-order chi connectivity index (χ1) is 16.2. The highest BCUT2D eigenvalue weighted by atomic mass is 19.4. The van der Waals surface area contributed by atoms with Crippen molar-refractivity contribution in [2.75, 3.05) is 5.32 Å². The molecule has 0 bridgehead atoms. The van der Waals surface area contributed by atoms with Crippen LogP contribution in [0.1, 0.15) is 53.6 Å². The van der Waals surface area contributed by atoms with E-state index in [1.165, 1.54) is 22.3 Å². The van der Waals surface area contributed by atoms with Crippen LogP contribution < -0.4 is 16.6 Å². The number of aryl methyl sites for hydroxylation is 1. The van der Waals surface area contributed by atoms with Gasteiger partial charge in [0, 0.05) is 24.4 Å². The van der Waals surface area contributed by atoms with Crippen molar-refractivity contribution in [2.24, 2.45) is 5.73 Å². The SMILES string of the molecule is NC(=O)C1CC(CCCc2ccccc2)c2cnc(NCc3cccc(C(F)(F)F)c3)c(=O)n21. The van der Waals surface area contributed by atoms with Gasteiger partial charge in [-0.05, 0) is 48.9 Å². The molecule has 2 heterocycles. The fourth-order valence-electron chi connectivity index (χ4n) is 4.47. The lowest BCUT2D eigenvalue weighted by atomic mass is 9.94. The summed E-state index contributed by atoms with van der Waals surface area (Å²) in [5, 5.41) is 2.81. The maximum atomic E-state index is 13.1. The van der Waals surface area contributed by atoms with E-state index >= 15 is 0 Å². The standard InChI is InChI=1S/C25H25F3N4O2/c26-25(27,28)19-11-5-9-17(12-19)14-30-23-24(34)32-20(22(29)33)13-18(21(32)15-31-23)10-4-8-16-6-2-1-3-7-16/h1-3,5-7,9,11-12,15,18,20H,4,8,10,13-14H2,(H2,29,33)(H,30,31). The van der Waals surface area contributed by atoms with Gasteiger partial charge in [-0.25, -0.2) is 4.98 Å². The lowest BCUT2D eigenvalue weighted by molar-refractivity contribution is -0.137. The Morgan fingerprint density at radius 3 is 2.56 bits per heavy atom. The normalized spacial score (nSPS) is 17.4. The molecule has 4 rings (SSSR count). The Morgan fingerprint density at radius 2 is 1.85 bits per heavy atom. The second-order valence-electron chi connectivity index (χ2n) is 8.49. The summed E-state index contributed by atoms with van der Waals surface area (Å²) in [5.41, 5.74) is 6.55. The zero-order valence-corrected chi connectivity index (χ0v) is 18.4. The molecule has 0 fully saturated rings. The van der Waals surface area contributed by atoms with Crippen molar-refractivity contribution in [3.05, 3.63) is 93.5 Å². The van der Waals surface area contributed by atoms with Gasteiger partial charge in [0.1, 0.15) is 6.04 Å². The molecule has 1 aliphatic rings. The molecule has 0 aliphatic carbocycles. The van der Waals surface area contributed by atoms with Gasteiger partial charge in [-0.15, -0.1) is 0 Å². The van der Waals surface area contributed by atoms with Crippen molar-refractivity contribution in [1.29, 1.82) is 0 Å². The number of fused-ring (bicyclic) bond motifs is 1. The van der Waals surface area contributed by atoms with Gasteiger partial charge < -0.3 is 11.1 Å². The number of alkyl halides is 3. The monoisotopic (exact) mass is 470 g/mol. The Morgan fingerprint density at radius 1 is 1.12 bits per heavy atom. The van der Waals surface area contributed by atoms with E-state index < -0.39 is 29.2 Å². The summed E-state index contributed by atoms with van der Waals surface area (Å²) in [6.07, 6.45) is 0.0727. The highest BCUT2D eigenvalue weighted by molar-refractivity contribution is 5.79. The smallest absolute Gasteiger partial charge is 0.368 e. The largest absolute Gasteiger partial charge is 0.416 e. The number of carbonyl (C=O) groups is 1. The maximum Gasteiger partial charge on any atom is 0.416 e. The van der Waals surface area contributed by atoms with E-state index in [-0.39, 0.29) is 18.3 Å². The molecule has 1 aliphatic heterocycles. The molecule has 3 aromatic rings. The fraction of sp³-hybridized carbons (Fsp3) is 0.320. The molecule has 2 unspecified atom stereocenters. The van der Waals surface area contributed by atoms with E-state index in [4.69, 9.17) is 5.73 Å². The van der Waals surface area contributed by atoms with Crippen LogP contribution in [0, 0.1) is 0 Å². The number of hydrogen-bond acceptors (Lipinski definition) is 4. The average Bonchev–Trinajstić information content (AvgIpc) is 3.19. The number of rotatable bonds is 8. The summed E-state index contributed by atoms with van der Waals surface area (Å²) in [4.78, 5) is 29.4. The predicted molar refractivity (Wildman–Crippen MR) is 122 cm³/mol. The van der Waals surface area contributed by atoms with Crippen LogP contribution in [0.3, 0.4) is 0 Å². The summed E-state index contributed by atoms with van der Waals surface area (Å²) in [6, 6.07) is 14.1. The lowest BCUT2D eigenvalue weighted by Crippen LogP contribution is -2.33. The molecule has 0 saturated heterocycles. The van der Waals surface area contributed by atoms with Gasteiger partial charge in [0.25, 0.3) is 5.56 Å². The third kappa shape index (κ3) is 5.13. The molecule has 6 nitrogen and oxygen atoms in total. The van der Waals surface area contributed by atoms with Crippen LogP contribution in [0.4, 0.5) is 19.0 Å². The van der Waals surface area contributed by atoms with Crippen LogP contribution in [0.15, 0.2) is 65.6 Å². The van der Waals surface area contributed by atoms with Gasteiger partial charge in [0.15, 0.2) is 5.82 Å². The number of amides is 1. The van der Waals surface area contributed by atoms with Crippen LogP contribution in [0.2, 0.25) is 0 Å². The molecule has 2 aromatic carbocycles. The molecule has 1 aromatic heterocycles. The zero-order chi connectivity index (χ0) is 24.3. The van der Waals surface area contributed by atoms with Gasteiger partial charge in [-0.1, -0.05) is 42.5 Å². The van der Waals surface area contributed by atoms with Crippen molar-refractivity contribution in [3.63, 3.8) is 0 Å². The maximum absolute atomic E-state index is 13.1. The number of hydrogen-bond donors (Lipinski definition) is 2. The molecule has 0 spiro atoms. The number of halogens is 3. The summed E-state index contributed by atoms with van der Waals surface area (Å²) in [7, 11) is 0. The highest BCUT2D eigenvalue weighted by Crippen LogP contribution is 2.37. The van der Waals surface area contributed by atoms with Gasteiger partial charge in [-0.3, -0.25) is 14.2 Å². The molecule has 2 atom stereocenters. The van der Waals surface area contributed by atoms with Gasteiger partial charge in [-0.2, -0.15) is 13.2 Å². The quantitative estimate of drug-likeness (QED) is 0.510. The van der Waals surface area contributed by atoms with E-state index in [9.17, 15) is 22.8 Å². The Bertz CT molecular complexity index is 1220. The Hall–Kier alpha value is -3.62. The summed E-state index contributed by atoms with van der Waals surface area (Å²) in [5.74, 6) is -0.653. The zero-order valence-electron chi connectivity index (χ0n) is 18.4. The number of benzene rings is 2. The van der Waals surface area contributed by atoms with E-state index in [2.05, 4.69) is 22.4 Å². The first kappa shape index (κ1) is 23.5. The van der Waals surface area contributed by atoms with Crippen molar-refractivity contribution < 1.29 is 18.0 Å². The first-order valence-corrected chi connectivity index (χ1v) is 11.1. The summed E-state index contributed by atoms with van der Waals surface area (Å²) in [6.45, 7) is -0.0206. The minimum absolute atomic E-state index is 0.0206. The van der Waals surface area contributed by atoms with Crippen LogP contribution in [0.5, 0.6) is 0 Å². The topological polar surface area (TPSA) is 90.0 Å². The predicted octanol–water partition coefficient (Wildman–Crippen LogP) is 4.41. The average molecular weight is 470 g/mol. The third-order valence-corrected chi connectivity index (χ3v) is 6.17. The van der Waals surface area contributed by atoms with Crippen molar-refractivity contribution >= 4 is 11.7 Å². The van der Waals surface area contributed by atoms with Crippen LogP contribution in [-0.2, 0) is 23.9 Å². The van der Waals surface area contributed by atoms with Crippen molar-refractivity contribution in [2.45, 2.75) is 50.4 Å². The number of nitrogens with two attached hydrogens (primary N) is 1. The summed E-state index contributed by atoms with van der Waals surface area (Å²) >= 11 is 0. The van der Waals surface area contributed by atoms with Gasteiger partial charge in [0.2, 0.25) is 5.91 Å². The molecule has 34 heavy (non-hydrogen) atoms. The molecule has 0 radical (unpaired) electrons. The van der Waals surface area contributed by atoms with Crippen molar-refractivity contribution in [3.8, 4) is 0 Å². The van der Waals surface area contributed by atoms with E-state index in [1.54, 1.807) is 6.20 Å². The van der Waals surface area contributed by atoms with E-state index in [1.807, 2.05) is 18.2 Å². The van der Waals surface area contributed by atoms with E-state index in [0.29, 0.717) is 17.7 Å². The molecule has 9 heteroatoms. The number of anilines is 1. The minimum Gasteiger partial charge on any atom is -0.368 e. The van der Waals surface area contributed by atoms with Crippen LogP contribution in [0.25, 0.3) is 0 Å². The number of aromatic nitrogens is 2. The molecule has 1 amide bonds. The Kier molecular flexibility index (Phi) is 6.72. The van der Waals surface area contributed by atoms with Crippen molar-refractivity contribution in [1.82, 2.24) is 9.55 Å². The molecular weight excluding hydrogens is 445 g/mol. The molecule has 178 valence electrons. The van der Waals surface area contributed by atoms with Gasteiger partial charge in [0.05, 0.1) is 5.56 Å². The fourth-order valence-corrected chi connectivity index (χ4v) is 4.47. The second-order valence-corrected chi connectivity index (χ2v) is 8.49. The second kappa shape index (κ2) is 9.70. The number of nitrogens with one attached hydrogen (secondary N) is 1.